The molecule has 7 atom stereocenters. The van der Waals surface area contributed by atoms with Crippen LogP contribution >= 0.6 is 0 Å². The molecule has 184 valence electrons. The first kappa shape index (κ1) is 24.6. The summed E-state index contributed by atoms with van der Waals surface area (Å²) in [7, 11) is 0. The SMILES string of the molecule is C=CC12CCc3cc(O)ccc3[C@H]1[C@@H](CCCCC[C@@H](O)C(F)(F)F)C[C@]1(C)[C@@H](O)CC[C@@H]21. The molecule has 3 N–H and O–H groups in total. The molecule has 6 heteroatoms. The van der Waals surface area contributed by atoms with E-state index in [1.54, 1.807) is 6.07 Å². The summed E-state index contributed by atoms with van der Waals surface area (Å²) in [5, 5.41) is 30.3. The summed E-state index contributed by atoms with van der Waals surface area (Å²) < 4.78 is 37.8. The van der Waals surface area contributed by atoms with E-state index in [1.165, 1.54) is 11.1 Å². The van der Waals surface area contributed by atoms with Gasteiger partial charge in [-0.25, -0.2) is 0 Å². The molecule has 0 amide bonds. The van der Waals surface area contributed by atoms with Crippen LogP contribution in [0.1, 0.15) is 81.8 Å². The second kappa shape index (κ2) is 8.92. The minimum Gasteiger partial charge on any atom is -0.508 e. The number of phenolic OH excluding ortho intramolecular Hbond substituents is 1. The van der Waals surface area contributed by atoms with Crippen LogP contribution in [-0.2, 0) is 6.42 Å². The largest absolute Gasteiger partial charge is 0.508 e. The molecule has 3 aliphatic carbocycles. The summed E-state index contributed by atoms with van der Waals surface area (Å²) in [6.07, 6.45) is 1.89. The first-order chi connectivity index (χ1) is 15.5. The predicted octanol–water partition coefficient (Wildman–Crippen LogP) is 6.27. The van der Waals surface area contributed by atoms with Crippen molar-refractivity contribution in [1.82, 2.24) is 0 Å². The second-order valence-electron chi connectivity index (χ2n) is 11.0. The Labute approximate surface area is 194 Å². The third-order valence-electron chi connectivity index (χ3n) is 9.29. The van der Waals surface area contributed by atoms with Gasteiger partial charge in [0.2, 0.25) is 0 Å². The number of phenols is 1. The average Bonchev–Trinajstić information content (AvgIpc) is 3.06. The molecule has 1 aromatic carbocycles. The van der Waals surface area contributed by atoms with Crippen LogP contribution in [0, 0.1) is 22.7 Å². The minimum atomic E-state index is -4.55. The maximum Gasteiger partial charge on any atom is 0.414 e. The van der Waals surface area contributed by atoms with Gasteiger partial charge in [0, 0.05) is 0 Å². The predicted molar refractivity (Wildman–Crippen MR) is 122 cm³/mol. The van der Waals surface area contributed by atoms with E-state index in [2.05, 4.69) is 19.6 Å². The van der Waals surface area contributed by atoms with Gasteiger partial charge in [-0.05, 0) is 96.8 Å². The second-order valence-corrected chi connectivity index (χ2v) is 11.0. The van der Waals surface area contributed by atoms with E-state index in [1.807, 2.05) is 12.1 Å². The molecule has 0 aromatic heterocycles. The zero-order chi connectivity index (χ0) is 24.0. The van der Waals surface area contributed by atoms with Crippen molar-refractivity contribution in [2.75, 3.05) is 0 Å². The van der Waals surface area contributed by atoms with Crippen molar-refractivity contribution >= 4 is 0 Å². The molecule has 2 saturated carbocycles. The van der Waals surface area contributed by atoms with Crippen LogP contribution in [-0.4, -0.2) is 33.7 Å². The summed E-state index contributed by atoms with van der Waals surface area (Å²) in [4.78, 5) is 0. The van der Waals surface area contributed by atoms with Gasteiger partial charge < -0.3 is 15.3 Å². The number of rotatable bonds is 7. The van der Waals surface area contributed by atoms with E-state index < -0.39 is 12.3 Å². The number of aliphatic hydroxyl groups excluding tert-OH is 2. The van der Waals surface area contributed by atoms with Gasteiger partial charge in [-0.1, -0.05) is 38.3 Å². The summed E-state index contributed by atoms with van der Waals surface area (Å²) >= 11 is 0. The van der Waals surface area contributed by atoms with Crippen molar-refractivity contribution in [1.29, 1.82) is 0 Å². The number of fused-ring (bicyclic) bond motifs is 5. The lowest BCUT2D eigenvalue weighted by molar-refractivity contribution is -0.205. The van der Waals surface area contributed by atoms with Gasteiger partial charge in [-0.3, -0.25) is 0 Å². The van der Waals surface area contributed by atoms with Crippen LogP contribution in [0.5, 0.6) is 5.75 Å². The first-order valence-corrected chi connectivity index (χ1v) is 12.4. The molecule has 4 rings (SSSR count). The van der Waals surface area contributed by atoms with Gasteiger partial charge in [0.15, 0.2) is 0 Å². The van der Waals surface area contributed by atoms with Crippen LogP contribution in [0.15, 0.2) is 30.9 Å². The Morgan fingerprint density at radius 1 is 1.21 bits per heavy atom. The zero-order valence-corrected chi connectivity index (χ0v) is 19.4. The lowest BCUT2D eigenvalue weighted by Crippen LogP contribution is -2.54. The molecule has 0 spiro atoms. The Morgan fingerprint density at radius 2 is 1.97 bits per heavy atom. The van der Waals surface area contributed by atoms with E-state index in [-0.39, 0.29) is 40.9 Å². The molecule has 0 saturated heterocycles. The quantitative estimate of drug-likeness (QED) is 0.328. The molecular formula is C27H37F3O3. The number of aliphatic hydroxyl groups is 2. The van der Waals surface area contributed by atoms with Crippen LogP contribution in [0.2, 0.25) is 0 Å². The smallest absolute Gasteiger partial charge is 0.414 e. The van der Waals surface area contributed by atoms with Crippen molar-refractivity contribution in [3.8, 4) is 5.75 Å². The van der Waals surface area contributed by atoms with Gasteiger partial charge in [-0.2, -0.15) is 13.2 Å². The summed E-state index contributed by atoms with van der Waals surface area (Å²) in [6, 6.07) is 5.67. The number of allylic oxidation sites excluding steroid dienone is 1. The molecule has 3 nitrogen and oxygen atoms in total. The van der Waals surface area contributed by atoms with Crippen LogP contribution in [0.3, 0.4) is 0 Å². The molecule has 0 bridgehead atoms. The third kappa shape index (κ3) is 4.22. The number of hydrogen-bond donors (Lipinski definition) is 3. The Balaban J connectivity index is 1.57. The van der Waals surface area contributed by atoms with E-state index in [9.17, 15) is 28.5 Å². The molecule has 0 heterocycles. The van der Waals surface area contributed by atoms with E-state index in [0.29, 0.717) is 18.8 Å². The lowest BCUT2D eigenvalue weighted by Gasteiger charge is -2.60. The molecule has 3 aliphatic rings. The van der Waals surface area contributed by atoms with Crippen LogP contribution in [0.25, 0.3) is 0 Å². The fourth-order valence-corrected chi connectivity index (χ4v) is 7.78. The normalized spacial score (nSPS) is 36.5. The number of halogens is 3. The number of aryl methyl sites for hydroxylation is 1. The molecule has 33 heavy (non-hydrogen) atoms. The molecular weight excluding hydrogens is 429 g/mol. The number of hydrogen-bond acceptors (Lipinski definition) is 3. The number of aromatic hydroxyl groups is 1. The number of benzene rings is 1. The van der Waals surface area contributed by atoms with Crippen molar-refractivity contribution in [3.63, 3.8) is 0 Å². The van der Waals surface area contributed by atoms with Gasteiger partial charge >= 0.3 is 6.18 Å². The van der Waals surface area contributed by atoms with E-state index >= 15 is 0 Å². The Bertz CT molecular complexity index is 869. The fraction of sp³-hybridized carbons (Fsp3) is 0.704. The minimum absolute atomic E-state index is 0.119. The highest BCUT2D eigenvalue weighted by Gasteiger charge is 2.63. The van der Waals surface area contributed by atoms with Crippen molar-refractivity contribution in [2.45, 2.75) is 95.4 Å². The summed E-state index contributed by atoms with van der Waals surface area (Å²) in [6.45, 7) is 6.51. The van der Waals surface area contributed by atoms with Crippen molar-refractivity contribution < 1.29 is 28.5 Å². The van der Waals surface area contributed by atoms with Crippen molar-refractivity contribution in [3.05, 3.63) is 42.0 Å². The Morgan fingerprint density at radius 3 is 2.67 bits per heavy atom. The molecule has 0 radical (unpaired) electrons. The summed E-state index contributed by atoms with van der Waals surface area (Å²) in [5.74, 6) is 1.15. The van der Waals surface area contributed by atoms with Gasteiger partial charge in [-0.15, -0.1) is 6.58 Å². The molecule has 0 aliphatic heterocycles. The number of alkyl halides is 3. The molecule has 1 unspecified atom stereocenters. The van der Waals surface area contributed by atoms with E-state index in [0.717, 1.165) is 44.9 Å². The standard InChI is InChI=1S/C27H37F3O3/c1-3-26-14-13-17-15-19(31)9-10-20(17)24(26)18(16-25(2)21(26)11-12-22(25)32)7-5-4-6-8-23(33)27(28,29)30/h3,9-10,15,18,21-24,31-33H,1,4-8,11-14,16H2,2H3/t18-,21+,22-,23+,24+,25-,26?/m0/s1. The maximum atomic E-state index is 12.6. The Hall–Kier alpha value is -1.53. The fourth-order valence-electron chi connectivity index (χ4n) is 7.78. The van der Waals surface area contributed by atoms with Gasteiger partial charge in [0.05, 0.1) is 6.10 Å². The van der Waals surface area contributed by atoms with E-state index in [4.69, 9.17) is 0 Å². The van der Waals surface area contributed by atoms with Crippen LogP contribution < -0.4 is 0 Å². The summed E-state index contributed by atoms with van der Waals surface area (Å²) in [5.41, 5.74) is 2.14. The Kier molecular flexibility index (Phi) is 6.65. The third-order valence-corrected chi connectivity index (χ3v) is 9.29. The highest BCUT2D eigenvalue weighted by Crippen LogP contribution is 2.69. The topological polar surface area (TPSA) is 60.7 Å². The van der Waals surface area contributed by atoms with Crippen LogP contribution in [0.4, 0.5) is 13.2 Å². The average molecular weight is 467 g/mol. The number of unbranched alkanes of at least 4 members (excludes halogenated alkanes) is 2. The zero-order valence-electron chi connectivity index (χ0n) is 19.4. The van der Waals surface area contributed by atoms with Crippen molar-refractivity contribution in [2.24, 2.45) is 22.7 Å². The lowest BCUT2D eigenvalue weighted by atomic mass is 9.44. The van der Waals surface area contributed by atoms with Gasteiger partial charge in [0.25, 0.3) is 0 Å². The maximum absolute atomic E-state index is 12.6. The highest BCUT2D eigenvalue weighted by atomic mass is 19.4. The molecule has 1 aromatic rings. The molecule has 2 fully saturated rings. The van der Waals surface area contributed by atoms with Gasteiger partial charge in [0.1, 0.15) is 11.9 Å². The monoisotopic (exact) mass is 466 g/mol. The first-order valence-electron chi connectivity index (χ1n) is 12.4. The highest BCUT2D eigenvalue weighted by molar-refractivity contribution is 5.43.